The number of esters is 2. The highest BCUT2D eigenvalue weighted by molar-refractivity contribution is 6.74. The predicted octanol–water partition coefficient (Wildman–Crippen LogP) is 5.27. The van der Waals surface area contributed by atoms with E-state index in [0.717, 1.165) is 0 Å². The van der Waals surface area contributed by atoms with Crippen molar-refractivity contribution in [1.82, 2.24) is 0 Å². The van der Waals surface area contributed by atoms with Crippen molar-refractivity contribution in [3.63, 3.8) is 0 Å². The van der Waals surface area contributed by atoms with Gasteiger partial charge in [0, 0.05) is 7.11 Å². The SMILES string of the molecule is CCOC(=O)C(C)C(=O)O[C@H]1[C@H](O[Si](C)(C)C(C)(C)C)[C@@H](O[Si](C)(C)C(C)(C)C)[C@@H](OC)O[C@@H]1C. The lowest BCUT2D eigenvalue weighted by atomic mass is 9.99. The average molecular weight is 535 g/mol. The molecular formula is C25H50O8Si2. The first kappa shape index (κ1) is 32.2. The summed E-state index contributed by atoms with van der Waals surface area (Å²) in [4.78, 5) is 25.2. The number of methoxy groups -OCH3 is 1. The normalized spacial score (nSPS) is 27.3. The molecule has 6 atom stereocenters. The van der Waals surface area contributed by atoms with Crippen molar-refractivity contribution in [2.24, 2.45) is 5.92 Å². The number of carbonyl (C=O) groups is 2. The van der Waals surface area contributed by atoms with Crippen LogP contribution in [0.1, 0.15) is 62.3 Å². The Kier molecular flexibility index (Phi) is 10.8. The van der Waals surface area contributed by atoms with Crippen LogP contribution < -0.4 is 0 Å². The second-order valence-electron chi connectivity index (χ2n) is 12.5. The Morgan fingerprint density at radius 3 is 1.71 bits per heavy atom. The van der Waals surface area contributed by atoms with Crippen LogP contribution in [-0.2, 0) is 37.4 Å². The summed E-state index contributed by atoms with van der Waals surface area (Å²) in [7, 11) is -3.05. The fourth-order valence-corrected chi connectivity index (χ4v) is 5.80. The third-order valence-electron chi connectivity index (χ3n) is 7.68. The Morgan fingerprint density at radius 2 is 1.31 bits per heavy atom. The van der Waals surface area contributed by atoms with Crippen LogP contribution >= 0.6 is 0 Å². The molecule has 0 N–H and O–H groups in total. The van der Waals surface area contributed by atoms with Crippen LogP contribution in [0.25, 0.3) is 0 Å². The molecule has 35 heavy (non-hydrogen) atoms. The van der Waals surface area contributed by atoms with E-state index in [1.807, 2.05) is 6.92 Å². The smallest absolute Gasteiger partial charge is 0.320 e. The molecule has 1 rings (SSSR count). The van der Waals surface area contributed by atoms with E-state index in [0.29, 0.717) is 0 Å². The zero-order valence-corrected chi connectivity index (χ0v) is 26.4. The Balaban J connectivity index is 3.49. The first-order valence-electron chi connectivity index (χ1n) is 12.6. The maximum absolute atomic E-state index is 13.0. The number of ether oxygens (including phenoxy) is 4. The van der Waals surface area contributed by atoms with E-state index in [1.54, 1.807) is 14.0 Å². The number of hydrogen-bond acceptors (Lipinski definition) is 8. The molecule has 8 nitrogen and oxygen atoms in total. The zero-order chi connectivity index (χ0) is 27.6. The molecule has 1 unspecified atom stereocenters. The third-order valence-corrected chi connectivity index (χ3v) is 16.6. The molecule has 0 aromatic heterocycles. The lowest BCUT2D eigenvalue weighted by Crippen LogP contribution is -2.65. The minimum Gasteiger partial charge on any atom is -0.465 e. The summed E-state index contributed by atoms with van der Waals surface area (Å²) in [6.45, 7) is 26.8. The minimum absolute atomic E-state index is 0.0690. The van der Waals surface area contributed by atoms with E-state index < -0.39 is 65.2 Å². The van der Waals surface area contributed by atoms with Crippen LogP contribution in [0.5, 0.6) is 0 Å². The van der Waals surface area contributed by atoms with Crippen LogP contribution in [0.3, 0.4) is 0 Å². The van der Waals surface area contributed by atoms with E-state index in [1.165, 1.54) is 6.92 Å². The highest BCUT2D eigenvalue weighted by atomic mass is 28.4. The second kappa shape index (κ2) is 11.7. The molecule has 0 spiro atoms. The Morgan fingerprint density at radius 1 is 0.857 bits per heavy atom. The van der Waals surface area contributed by atoms with Crippen molar-refractivity contribution in [3.05, 3.63) is 0 Å². The van der Waals surface area contributed by atoms with Gasteiger partial charge in [-0.2, -0.15) is 0 Å². The monoisotopic (exact) mass is 534 g/mol. The van der Waals surface area contributed by atoms with Crippen LogP contribution in [0, 0.1) is 5.92 Å². The van der Waals surface area contributed by atoms with Gasteiger partial charge in [-0.25, -0.2) is 0 Å². The molecule has 0 saturated carbocycles. The maximum atomic E-state index is 13.0. The summed E-state index contributed by atoms with van der Waals surface area (Å²) >= 11 is 0. The standard InChI is InChI=1S/C25H50O8Si2/c1-15-29-21(26)16(2)22(27)31-18-17(3)30-23(28-10)20(33-35(13,14)25(7,8)9)19(18)32-34(11,12)24(4,5)6/h16-20,23H,15H2,1-14H3/t16?,17-,18-,19+,20-,23+/m1/s1. The molecule has 0 radical (unpaired) electrons. The van der Waals surface area contributed by atoms with E-state index in [-0.39, 0.29) is 16.7 Å². The Labute approximate surface area is 215 Å². The van der Waals surface area contributed by atoms with Crippen LogP contribution in [0.2, 0.25) is 36.3 Å². The van der Waals surface area contributed by atoms with Crippen molar-refractivity contribution in [3.8, 4) is 0 Å². The molecule has 1 fully saturated rings. The predicted molar refractivity (Wildman–Crippen MR) is 141 cm³/mol. The van der Waals surface area contributed by atoms with Gasteiger partial charge in [0.1, 0.15) is 12.2 Å². The van der Waals surface area contributed by atoms with Gasteiger partial charge in [-0.3, -0.25) is 9.59 Å². The lowest BCUT2D eigenvalue weighted by molar-refractivity contribution is -0.283. The molecule has 0 bridgehead atoms. The van der Waals surface area contributed by atoms with Gasteiger partial charge in [0.15, 0.2) is 34.9 Å². The van der Waals surface area contributed by atoms with Gasteiger partial charge in [0.25, 0.3) is 0 Å². The van der Waals surface area contributed by atoms with Crippen molar-refractivity contribution >= 4 is 28.6 Å². The fraction of sp³-hybridized carbons (Fsp3) is 0.920. The highest BCUT2D eigenvalue weighted by Gasteiger charge is 2.54. The quantitative estimate of drug-likeness (QED) is 0.225. The van der Waals surface area contributed by atoms with E-state index in [4.69, 9.17) is 27.8 Å². The van der Waals surface area contributed by atoms with E-state index in [2.05, 4.69) is 67.7 Å². The summed E-state index contributed by atoms with van der Waals surface area (Å²) in [6, 6.07) is 0. The zero-order valence-electron chi connectivity index (χ0n) is 24.4. The maximum Gasteiger partial charge on any atom is 0.320 e. The van der Waals surface area contributed by atoms with Crippen molar-refractivity contribution in [1.29, 1.82) is 0 Å². The molecule has 0 aromatic carbocycles. The molecule has 0 amide bonds. The topological polar surface area (TPSA) is 89.5 Å². The average Bonchev–Trinajstić information content (AvgIpc) is 2.69. The molecule has 10 heteroatoms. The van der Waals surface area contributed by atoms with Gasteiger partial charge in [0.05, 0.1) is 12.7 Å². The third kappa shape index (κ3) is 7.85. The van der Waals surface area contributed by atoms with Crippen LogP contribution in [0.15, 0.2) is 0 Å². The van der Waals surface area contributed by atoms with Crippen molar-refractivity contribution < 1.29 is 37.4 Å². The fourth-order valence-electron chi connectivity index (χ4n) is 3.22. The van der Waals surface area contributed by atoms with Crippen molar-refractivity contribution in [2.75, 3.05) is 13.7 Å². The summed E-state index contributed by atoms with van der Waals surface area (Å²) in [5, 5.41) is -0.161. The van der Waals surface area contributed by atoms with E-state index >= 15 is 0 Å². The first-order chi connectivity index (χ1) is 15.7. The summed E-state index contributed by atoms with van der Waals surface area (Å²) in [5.74, 6) is -2.35. The summed E-state index contributed by atoms with van der Waals surface area (Å²) in [5.41, 5.74) is 0. The number of hydrogen-bond donors (Lipinski definition) is 0. The van der Waals surface area contributed by atoms with Crippen LogP contribution in [0.4, 0.5) is 0 Å². The summed E-state index contributed by atoms with van der Waals surface area (Å²) < 4.78 is 36.6. The van der Waals surface area contributed by atoms with Gasteiger partial charge in [-0.1, -0.05) is 41.5 Å². The van der Waals surface area contributed by atoms with Gasteiger partial charge in [-0.05, 0) is 57.0 Å². The Hall–Kier alpha value is -0.786. The Bertz CT molecular complexity index is 726. The molecule has 1 saturated heterocycles. The number of carbonyl (C=O) groups excluding carboxylic acids is 2. The molecule has 206 valence electrons. The molecule has 1 aliphatic rings. The second-order valence-corrected chi connectivity index (χ2v) is 22.0. The first-order valence-corrected chi connectivity index (χ1v) is 18.4. The lowest BCUT2D eigenvalue weighted by Gasteiger charge is -2.51. The molecule has 0 aromatic rings. The van der Waals surface area contributed by atoms with Crippen LogP contribution in [-0.4, -0.2) is 73.0 Å². The van der Waals surface area contributed by atoms with Gasteiger partial charge in [0.2, 0.25) is 0 Å². The van der Waals surface area contributed by atoms with Gasteiger partial charge in [-0.15, -0.1) is 0 Å². The number of rotatable bonds is 9. The highest BCUT2D eigenvalue weighted by Crippen LogP contribution is 2.43. The largest absolute Gasteiger partial charge is 0.465 e. The van der Waals surface area contributed by atoms with Gasteiger partial charge >= 0.3 is 11.9 Å². The molecule has 1 heterocycles. The molecular weight excluding hydrogens is 484 g/mol. The van der Waals surface area contributed by atoms with Gasteiger partial charge < -0.3 is 27.8 Å². The minimum atomic E-state index is -2.34. The summed E-state index contributed by atoms with van der Waals surface area (Å²) in [6.07, 6.45) is -3.24. The molecule has 1 aliphatic heterocycles. The van der Waals surface area contributed by atoms with E-state index in [9.17, 15) is 9.59 Å². The molecule has 0 aliphatic carbocycles. The van der Waals surface area contributed by atoms with Crippen molar-refractivity contribution in [2.45, 2.75) is 129 Å².